The van der Waals surface area contributed by atoms with Gasteiger partial charge in [0.1, 0.15) is 0 Å². The molecule has 0 radical (unpaired) electrons. The smallest absolute Gasteiger partial charge is 0.260 e. The largest absolute Gasteiger partial charge is 0.385 e. The van der Waals surface area contributed by atoms with E-state index in [9.17, 15) is 0 Å². The van der Waals surface area contributed by atoms with Gasteiger partial charge in [0.25, 0.3) is 5.95 Å². The van der Waals surface area contributed by atoms with Gasteiger partial charge in [0.15, 0.2) is 0 Å². The summed E-state index contributed by atoms with van der Waals surface area (Å²) < 4.78 is 5.15. The fraction of sp³-hybridized carbons (Fsp3) is 0.273. The maximum Gasteiger partial charge on any atom is 0.260 e. The lowest BCUT2D eigenvalue weighted by molar-refractivity contribution is 0.361. The fourth-order valence-electron chi connectivity index (χ4n) is 2.11. The van der Waals surface area contributed by atoms with Crippen LogP contribution in [0.15, 0.2) is 28.8 Å². The van der Waals surface area contributed by atoms with Crippen LogP contribution in [0.25, 0.3) is 0 Å². The Labute approximate surface area is 92.7 Å². The summed E-state index contributed by atoms with van der Waals surface area (Å²) in [5, 5.41) is 6.98. The number of hydrogen-bond acceptors (Lipinski definition) is 5. The highest BCUT2D eigenvalue weighted by atomic mass is 16.5. The Bertz CT molecular complexity index is 508. The summed E-state index contributed by atoms with van der Waals surface area (Å²) in [5.41, 5.74) is 7.80. The molecule has 16 heavy (non-hydrogen) atoms. The summed E-state index contributed by atoms with van der Waals surface area (Å²) in [4.78, 5) is 4.11. The SMILES string of the molecule is Nc1noc(C2CCNc3ccccc32)n1. The number of fused-ring (bicyclic) bond motifs is 1. The number of nitrogens with zero attached hydrogens (tertiary/aromatic N) is 2. The van der Waals surface area contributed by atoms with E-state index in [1.165, 1.54) is 5.56 Å². The van der Waals surface area contributed by atoms with Gasteiger partial charge in [-0.3, -0.25) is 0 Å². The van der Waals surface area contributed by atoms with E-state index in [-0.39, 0.29) is 11.9 Å². The Balaban J connectivity index is 2.04. The van der Waals surface area contributed by atoms with E-state index >= 15 is 0 Å². The number of nitrogen functional groups attached to an aromatic ring is 1. The third-order valence-electron chi connectivity index (χ3n) is 2.84. The van der Waals surface area contributed by atoms with Crippen LogP contribution in [0.1, 0.15) is 23.8 Å². The van der Waals surface area contributed by atoms with Crippen molar-refractivity contribution >= 4 is 11.6 Å². The molecule has 1 aliphatic rings. The molecule has 1 aromatic carbocycles. The number of nitrogens with two attached hydrogens (primary N) is 1. The molecule has 2 aromatic rings. The number of anilines is 2. The minimum atomic E-state index is 0.155. The summed E-state index contributed by atoms with van der Waals surface area (Å²) in [6.07, 6.45) is 0.943. The second-order valence-corrected chi connectivity index (χ2v) is 3.85. The summed E-state index contributed by atoms with van der Waals surface area (Å²) >= 11 is 0. The molecule has 0 spiro atoms. The van der Waals surface area contributed by atoms with Crippen LogP contribution in [0.4, 0.5) is 11.6 Å². The summed E-state index contributed by atoms with van der Waals surface area (Å²) in [5.74, 6) is 0.958. The van der Waals surface area contributed by atoms with Crippen LogP contribution in [0.3, 0.4) is 0 Å². The number of rotatable bonds is 1. The first-order valence-corrected chi connectivity index (χ1v) is 5.26. The van der Waals surface area contributed by atoms with Gasteiger partial charge in [0, 0.05) is 12.2 Å². The molecule has 0 saturated carbocycles. The average molecular weight is 216 g/mol. The zero-order chi connectivity index (χ0) is 11.0. The molecule has 82 valence electrons. The van der Waals surface area contributed by atoms with Crippen molar-refractivity contribution in [2.75, 3.05) is 17.6 Å². The van der Waals surface area contributed by atoms with Gasteiger partial charge in [0.05, 0.1) is 5.92 Å². The van der Waals surface area contributed by atoms with Crippen molar-refractivity contribution in [2.24, 2.45) is 0 Å². The molecule has 5 heteroatoms. The Kier molecular flexibility index (Phi) is 2.02. The molecule has 3 rings (SSSR count). The molecule has 0 bridgehead atoms. The second-order valence-electron chi connectivity index (χ2n) is 3.85. The summed E-state index contributed by atoms with van der Waals surface area (Å²) in [6, 6.07) is 8.16. The van der Waals surface area contributed by atoms with Gasteiger partial charge >= 0.3 is 0 Å². The monoisotopic (exact) mass is 216 g/mol. The van der Waals surface area contributed by atoms with Crippen LogP contribution in [-0.4, -0.2) is 16.7 Å². The number of aromatic nitrogens is 2. The van der Waals surface area contributed by atoms with Crippen molar-refractivity contribution < 1.29 is 4.52 Å². The minimum Gasteiger partial charge on any atom is -0.385 e. The lowest BCUT2D eigenvalue weighted by atomic mass is 9.91. The van der Waals surface area contributed by atoms with Crippen molar-refractivity contribution in [2.45, 2.75) is 12.3 Å². The van der Waals surface area contributed by atoms with Crippen LogP contribution in [0.2, 0.25) is 0 Å². The molecule has 5 nitrogen and oxygen atoms in total. The van der Waals surface area contributed by atoms with E-state index in [0.29, 0.717) is 5.89 Å². The molecule has 1 aromatic heterocycles. The highest BCUT2D eigenvalue weighted by Gasteiger charge is 2.25. The van der Waals surface area contributed by atoms with Crippen LogP contribution in [-0.2, 0) is 0 Å². The molecular weight excluding hydrogens is 204 g/mol. The lowest BCUT2D eigenvalue weighted by Crippen LogP contribution is -2.17. The van der Waals surface area contributed by atoms with Crippen LogP contribution < -0.4 is 11.1 Å². The Morgan fingerprint density at radius 1 is 1.38 bits per heavy atom. The molecule has 2 heterocycles. The zero-order valence-corrected chi connectivity index (χ0v) is 8.68. The molecule has 1 atom stereocenters. The molecule has 3 N–H and O–H groups in total. The molecule has 1 aliphatic heterocycles. The van der Waals surface area contributed by atoms with E-state index in [1.807, 2.05) is 12.1 Å². The molecular formula is C11H12N4O. The predicted molar refractivity (Wildman–Crippen MR) is 60.1 cm³/mol. The number of hydrogen-bond donors (Lipinski definition) is 2. The van der Waals surface area contributed by atoms with Crippen LogP contribution in [0, 0.1) is 0 Å². The van der Waals surface area contributed by atoms with E-state index < -0.39 is 0 Å². The van der Waals surface area contributed by atoms with Gasteiger partial charge in [-0.05, 0) is 23.2 Å². The Morgan fingerprint density at radius 2 is 2.25 bits per heavy atom. The lowest BCUT2D eigenvalue weighted by Gasteiger charge is -2.23. The molecule has 1 unspecified atom stereocenters. The Hall–Kier alpha value is -2.04. The number of nitrogens with one attached hydrogen (secondary N) is 1. The topological polar surface area (TPSA) is 77.0 Å². The number of para-hydroxylation sites is 1. The van der Waals surface area contributed by atoms with Gasteiger partial charge < -0.3 is 15.6 Å². The second kappa shape index (κ2) is 3.52. The summed E-state index contributed by atoms with van der Waals surface area (Å²) in [6.45, 7) is 0.907. The van der Waals surface area contributed by atoms with E-state index in [1.54, 1.807) is 0 Å². The van der Waals surface area contributed by atoms with Crippen molar-refractivity contribution in [3.63, 3.8) is 0 Å². The normalized spacial score (nSPS) is 18.9. The first-order valence-electron chi connectivity index (χ1n) is 5.26. The predicted octanol–water partition coefficient (Wildman–Crippen LogP) is 1.60. The van der Waals surface area contributed by atoms with E-state index in [4.69, 9.17) is 10.3 Å². The molecule has 0 fully saturated rings. The Morgan fingerprint density at radius 3 is 3.06 bits per heavy atom. The van der Waals surface area contributed by atoms with Gasteiger partial charge in [0.2, 0.25) is 5.89 Å². The highest BCUT2D eigenvalue weighted by Crippen LogP contribution is 2.35. The minimum absolute atomic E-state index is 0.155. The van der Waals surface area contributed by atoms with Gasteiger partial charge in [-0.25, -0.2) is 0 Å². The maximum absolute atomic E-state index is 5.47. The highest BCUT2D eigenvalue weighted by molar-refractivity contribution is 5.56. The molecule has 0 amide bonds. The third kappa shape index (κ3) is 1.41. The van der Waals surface area contributed by atoms with E-state index in [2.05, 4.69) is 27.6 Å². The average Bonchev–Trinajstić information content (AvgIpc) is 2.75. The van der Waals surface area contributed by atoms with Crippen LogP contribution in [0.5, 0.6) is 0 Å². The van der Waals surface area contributed by atoms with Gasteiger partial charge in [-0.15, -0.1) is 0 Å². The quantitative estimate of drug-likeness (QED) is 0.757. The molecule has 0 aliphatic carbocycles. The van der Waals surface area contributed by atoms with Crippen molar-refractivity contribution in [3.8, 4) is 0 Å². The molecule has 0 saturated heterocycles. The first kappa shape index (κ1) is 9.21. The van der Waals surface area contributed by atoms with Gasteiger partial charge in [-0.1, -0.05) is 18.2 Å². The third-order valence-corrected chi connectivity index (χ3v) is 2.84. The van der Waals surface area contributed by atoms with Gasteiger partial charge in [-0.2, -0.15) is 4.98 Å². The standard InChI is InChI=1S/C11H12N4O/c12-11-14-10(16-15-11)8-5-6-13-9-4-2-1-3-7(8)9/h1-4,8,13H,5-6H2,(H2,12,15). The fourth-order valence-corrected chi connectivity index (χ4v) is 2.11. The number of benzene rings is 1. The van der Waals surface area contributed by atoms with Crippen molar-refractivity contribution in [1.82, 2.24) is 10.1 Å². The van der Waals surface area contributed by atoms with Crippen LogP contribution >= 0.6 is 0 Å². The van der Waals surface area contributed by atoms with E-state index in [0.717, 1.165) is 18.7 Å². The van der Waals surface area contributed by atoms with Crippen molar-refractivity contribution in [1.29, 1.82) is 0 Å². The maximum atomic E-state index is 5.47. The summed E-state index contributed by atoms with van der Waals surface area (Å²) in [7, 11) is 0. The first-order chi connectivity index (χ1) is 7.84. The zero-order valence-electron chi connectivity index (χ0n) is 8.68. The van der Waals surface area contributed by atoms with Crippen molar-refractivity contribution in [3.05, 3.63) is 35.7 Å².